The van der Waals surface area contributed by atoms with Gasteiger partial charge in [-0.15, -0.1) is 0 Å². The topological polar surface area (TPSA) is 170 Å². The van der Waals surface area contributed by atoms with E-state index in [4.69, 9.17) is 21.1 Å². The minimum absolute atomic E-state index is 0.224. The summed E-state index contributed by atoms with van der Waals surface area (Å²) in [4.78, 5) is 21.0. The Morgan fingerprint density at radius 1 is 1.31 bits per heavy atom. The molecule has 0 aliphatic rings. The second-order valence-corrected chi connectivity index (χ2v) is 3.98. The average molecular weight is 256 g/mol. The highest BCUT2D eigenvalue weighted by Crippen LogP contribution is 2.07. The molecule has 0 aliphatic carbocycles. The maximum Gasteiger partial charge on any atom is 0.398 e. The van der Waals surface area contributed by atoms with E-state index in [1.165, 1.54) is 0 Å². The minimum atomic E-state index is -4.83. The third kappa shape index (κ3) is 6.29. The first-order chi connectivity index (χ1) is 7.13. The van der Waals surface area contributed by atoms with Crippen LogP contribution in [0.3, 0.4) is 0 Å². The monoisotopic (exact) mass is 256 g/mol. The zero-order valence-electron chi connectivity index (χ0n) is 8.07. The van der Waals surface area contributed by atoms with Crippen LogP contribution in [0.25, 0.3) is 0 Å². The van der Waals surface area contributed by atoms with E-state index in [-0.39, 0.29) is 12.8 Å². The van der Waals surface area contributed by atoms with Crippen LogP contribution in [-0.4, -0.2) is 42.1 Å². The molecule has 0 bridgehead atoms. The van der Waals surface area contributed by atoms with Crippen molar-refractivity contribution in [3.05, 3.63) is 0 Å². The second kappa shape index (κ2) is 5.75. The SMILES string of the molecule is NC(=O)[C@H](CC[C@H](N)C(=O)O)OS(=O)(=O)O. The Morgan fingerprint density at radius 3 is 2.12 bits per heavy atom. The van der Waals surface area contributed by atoms with Crippen LogP contribution in [0.15, 0.2) is 0 Å². The molecule has 6 N–H and O–H groups in total. The fraction of sp³-hybridized carbons (Fsp3) is 0.667. The molecular weight excluding hydrogens is 244 g/mol. The van der Waals surface area contributed by atoms with Crippen molar-refractivity contribution in [3.63, 3.8) is 0 Å². The van der Waals surface area contributed by atoms with Crippen molar-refractivity contribution in [2.45, 2.75) is 25.0 Å². The van der Waals surface area contributed by atoms with Gasteiger partial charge in [-0.25, -0.2) is 4.18 Å². The summed E-state index contributed by atoms with van der Waals surface area (Å²) >= 11 is 0. The van der Waals surface area contributed by atoms with Crippen molar-refractivity contribution in [2.75, 3.05) is 0 Å². The van der Waals surface area contributed by atoms with Crippen molar-refractivity contribution in [1.82, 2.24) is 0 Å². The van der Waals surface area contributed by atoms with Gasteiger partial charge in [0.2, 0.25) is 5.91 Å². The molecule has 0 rings (SSSR count). The van der Waals surface area contributed by atoms with E-state index in [1.54, 1.807) is 0 Å². The van der Waals surface area contributed by atoms with Gasteiger partial charge in [0.05, 0.1) is 0 Å². The lowest BCUT2D eigenvalue weighted by Crippen LogP contribution is -2.37. The highest BCUT2D eigenvalue weighted by Gasteiger charge is 2.24. The third-order valence-corrected chi connectivity index (χ3v) is 2.09. The summed E-state index contributed by atoms with van der Waals surface area (Å²) in [5.41, 5.74) is 9.89. The Labute approximate surface area is 91.3 Å². The first-order valence-corrected chi connectivity index (χ1v) is 5.43. The van der Waals surface area contributed by atoms with Gasteiger partial charge in [0, 0.05) is 0 Å². The lowest BCUT2D eigenvalue weighted by Gasteiger charge is -2.13. The molecule has 0 aromatic carbocycles. The first-order valence-electron chi connectivity index (χ1n) is 4.07. The number of aliphatic carboxylic acids is 1. The fourth-order valence-corrected chi connectivity index (χ4v) is 1.32. The summed E-state index contributed by atoms with van der Waals surface area (Å²) in [7, 11) is -4.83. The van der Waals surface area contributed by atoms with Gasteiger partial charge in [0.25, 0.3) is 0 Å². The Balaban J connectivity index is 4.37. The largest absolute Gasteiger partial charge is 0.480 e. The Morgan fingerprint density at radius 2 is 1.81 bits per heavy atom. The lowest BCUT2D eigenvalue weighted by molar-refractivity contribution is -0.139. The van der Waals surface area contributed by atoms with Crippen LogP contribution < -0.4 is 11.5 Å². The normalized spacial score (nSPS) is 15.4. The summed E-state index contributed by atoms with van der Waals surface area (Å²) in [6.45, 7) is 0. The van der Waals surface area contributed by atoms with Crippen molar-refractivity contribution < 1.29 is 31.8 Å². The van der Waals surface area contributed by atoms with E-state index < -0.39 is 34.4 Å². The molecule has 9 nitrogen and oxygen atoms in total. The molecule has 16 heavy (non-hydrogen) atoms. The zero-order valence-corrected chi connectivity index (χ0v) is 8.88. The number of carboxylic acid groups (broad SMARTS) is 1. The summed E-state index contributed by atoms with van der Waals surface area (Å²) < 4.78 is 32.8. The van der Waals surface area contributed by atoms with Gasteiger partial charge >= 0.3 is 16.4 Å². The van der Waals surface area contributed by atoms with E-state index >= 15 is 0 Å². The van der Waals surface area contributed by atoms with E-state index in [1.807, 2.05) is 0 Å². The standard InChI is InChI=1S/C6H12N2O7S/c7-3(6(10)11)1-2-4(5(8)9)15-16(12,13)14/h3-4H,1-2,7H2,(H2,8,9)(H,10,11)(H,12,13,14)/t3-,4-/m0/s1. The summed E-state index contributed by atoms with van der Waals surface area (Å²) in [6.07, 6.45) is -2.19. The van der Waals surface area contributed by atoms with E-state index in [2.05, 4.69) is 4.18 Å². The average Bonchev–Trinajstić information content (AvgIpc) is 2.09. The zero-order chi connectivity index (χ0) is 12.9. The van der Waals surface area contributed by atoms with Gasteiger partial charge in [-0.2, -0.15) is 8.42 Å². The molecule has 0 aromatic rings. The maximum atomic E-state index is 10.7. The van der Waals surface area contributed by atoms with Crippen molar-refractivity contribution in [1.29, 1.82) is 0 Å². The van der Waals surface area contributed by atoms with Crippen LogP contribution in [0.1, 0.15) is 12.8 Å². The molecule has 0 saturated carbocycles. The number of carbonyl (C=O) groups excluding carboxylic acids is 1. The Bertz CT molecular complexity index is 365. The van der Waals surface area contributed by atoms with Crippen molar-refractivity contribution >= 4 is 22.3 Å². The van der Waals surface area contributed by atoms with Crippen molar-refractivity contribution in [3.8, 4) is 0 Å². The molecule has 1 amide bonds. The van der Waals surface area contributed by atoms with Crippen LogP contribution in [0.2, 0.25) is 0 Å². The second-order valence-electron chi connectivity index (χ2n) is 2.94. The molecule has 0 aliphatic heterocycles. The highest BCUT2D eigenvalue weighted by atomic mass is 32.3. The molecule has 10 heteroatoms. The quantitative estimate of drug-likeness (QED) is 0.373. The molecule has 0 aromatic heterocycles. The summed E-state index contributed by atoms with van der Waals surface area (Å²) in [6, 6.07) is -1.27. The van der Waals surface area contributed by atoms with Gasteiger partial charge in [-0.3, -0.25) is 14.1 Å². The number of nitrogens with two attached hydrogens (primary N) is 2. The minimum Gasteiger partial charge on any atom is -0.480 e. The number of carboxylic acids is 1. The van der Waals surface area contributed by atoms with E-state index in [0.717, 1.165) is 0 Å². The van der Waals surface area contributed by atoms with Crippen LogP contribution in [0.4, 0.5) is 0 Å². The van der Waals surface area contributed by atoms with Crippen LogP contribution >= 0.6 is 0 Å². The highest BCUT2D eigenvalue weighted by molar-refractivity contribution is 7.80. The smallest absolute Gasteiger partial charge is 0.398 e. The number of hydrogen-bond donors (Lipinski definition) is 4. The maximum absolute atomic E-state index is 10.7. The summed E-state index contributed by atoms with van der Waals surface area (Å²) in [5, 5.41) is 8.42. The Kier molecular flexibility index (Phi) is 5.30. The van der Waals surface area contributed by atoms with Crippen LogP contribution in [0.5, 0.6) is 0 Å². The number of amides is 1. The number of hydrogen-bond acceptors (Lipinski definition) is 6. The van der Waals surface area contributed by atoms with Gasteiger partial charge in [-0.05, 0) is 12.8 Å². The van der Waals surface area contributed by atoms with E-state index in [9.17, 15) is 18.0 Å². The first kappa shape index (κ1) is 14.8. The van der Waals surface area contributed by atoms with Gasteiger partial charge in [-0.1, -0.05) is 0 Å². The van der Waals surface area contributed by atoms with Gasteiger partial charge in [0.15, 0.2) is 6.10 Å². The van der Waals surface area contributed by atoms with Gasteiger partial charge < -0.3 is 16.6 Å². The molecule has 0 heterocycles. The van der Waals surface area contributed by atoms with Crippen LogP contribution in [0, 0.1) is 0 Å². The van der Waals surface area contributed by atoms with Crippen molar-refractivity contribution in [2.24, 2.45) is 11.5 Å². The molecule has 0 spiro atoms. The molecule has 2 atom stereocenters. The van der Waals surface area contributed by atoms with Gasteiger partial charge in [0.1, 0.15) is 6.04 Å². The molecular formula is C6H12N2O7S. The Hall–Kier alpha value is -1.23. The lowest BCUT2D eigenvalue weighted by atomic mass is 10.1. The fourth-order valence-electron chi connectivity index (χ4n) is 0.839. The van der Waals surface area contributed by atoms with E-state index in [0.29, 0.717) is 0 Å². The molecule has 94 valence electrons. The summed E-state index contributed by atoms with van der Waals surface area (Å²) in [5.74, 6) is -2.45. The van der Waals surface area contributed by atoms with Crippen LogP contribution in [-0.2, 0) is 24.2 Å². The number of carbonyl (C=O) groups is 2. The molecule has 0 saturated heterocycles. The number of primary amides is 1. The third-order valence-electron chi connectivity index (χ3n) is 1.61. The molecule has 0 unspecified atom stereocenters. The molecule has 0 fully saturated rings. The predicted molar refractivity (Wildman–Crippen MR) is 50.5 cm³/mol. The number of rotatable bonds is 7. The predicted octanol–water partition coefficient (Wildman–Crippen LogP) is -2.15. The molecule has 0 radical (unpaired) electrons.